The van der Waals surface area contributed by atoms with E-state index in [-0.39, 0.29) is 0 Å². The standard InChI is InChI=1S/C18H21ClN2/c1-13(2)17-9-14(11-19)10-18(20-17)21-8-7-15-5-3-4-6-16(15)12-21/h3-6,9-10,13H,7-8,11-12H2,1-2H3. The topological polar surface area (TPSA) is 16.1 Å². The predicted molar refractivity (Wildman–Crippen MR) is 89.1 cm³/mol. The first-order chi connectivity index (χ1) is 10.2. The molecule has 0 atom stereocenters. The molecule has 0 bridgehead atoms. The summed E-state index contributed by atoms with van der Waals surface area (Å²) in [6.45, 7) is 6.31. The van der Waals surface area contributed by atoms with Crippen LogP contribution in [0.3, 0.4) is 0 Å². The van der Waals surface area contributed by atoms with Crippen molar-refractivity contribution in [2.24, 2.45) is 0 Å². The van der Waals surface area contributed by atoms with Crippen LogP contribution in [0.15, 0.2) is 36.4 Å². The van der Waals surface area contributed by atoms with Crippen molar-refractivity contribution in [2.75, 3.05) is 11.4 Å². The van der Waals surface area contributed by atoms with E-state index < -0.39 is 0 Å². The van der Waals surface area contributed by atoms with Crippen LogP contribution in [0.2, 0.25) is 0 Å². The van der Waals surface area contributed by atoms with Crippen LogP contribution in [0.4, 0.5) is 5.82 Å². The first kappa shape index (κ1) is 14.4. The minimum Gasteiger partial charge on any atom is -0.352 e. The van der Waals surface area contributed by atoms with Crippen LogP contribution in [-0.2, 0) is 18.8 Å². The van der Waals surface area contributed by atoms with Crippen molar-refractivity contribution in [1.29, 1.82) is 0 Å². The fourth-order valence-electron chi connectivity index (χ4n) is 2.82. The molecule has 0 amide bonds. The van der Waals surface area contributed by atoms with Gasteiger partial charge in [-0.2, -0.15) is 0 Å². The number of pyridine rings is 1. The van der Waals surface area contributed by atoms with Gasteiger partial charge in [-0.25, -0.2) is 4.98 Å². The molecule has 1 aromatic heterocycles. The summed E-state index contributed by atoms with van der Waals surface area (Å²) in [5.74, 6) is 2.02. The molecule has 0 N–H and O–H groups in total. The molecule has 0 saturated heterocycles. The molecule has 0 spiro atoms. The van der Waals surface area contributed by atoms with E-state index in [1.807, 2.05) is 0 Å². The molecule has 3 heteroatoms. The number of benzene rings is 1. The van der Waals surface area contributed by atoms with Crippen LogP contribution in [-0.4, -0.2) is 11.5 Å². The van der Waals surface area contributed by atoms with Crippen LogP contribution < -0.4 is 4.90 Å². The lowest BCUT2D eigenvalue weighted by Crippen LogP contribution is -2.31. The maximum atomic E-state index is 6.05. The molecule has 0 saturated carbocycles. The van der Waals surface area contributed by atoms with E-state index in [1.165, 1.54) is 11.1 Å². The SMILES string of the molecule is CC(C)c1cc(CCl)cc(N2CCc3ccccc3C2)n1. The Hall–Kier alpha value is -1.54. The van der Waals surface area contributed by atoms with E-state index in [2.05, 4.69) is 55.1 Å². The number of halogens is 1. The van der Waals surface area contributed by atoms with Gasteiger partial charge in [0.25, 0.3) is 0 Å². The molecule has 2 aromatic rings. The monoisotopic (exact) mass is 300 g/mol. The van der Waals surface area contributed by atoms with Gasteiger partial charge in [0.05, 0.1) is 0 Å². The Labute approximate surface area is 131 Å². The van der Waals surface area contributed by atoms with Gasteiger partial charge < -0.3 is 4.90 Å². The Morgan fingerprint density at radius 3 is 2.67 bits per heavy atom. The molecule has 110 valence electrons. The Bertz CT molecular complexity index is 637. The van der Waals surface area contributed by atoms with Crippen molar-refractivity contribution in [3.05, 3.63) is 58.8 Å². The predicted octanol–water partition coefficient (Wildman–Crippen LogP) is 4.51. The van der Waals surface area contributed by atoms with E-state index in [4.69, 9.17) is 16.6 Å². The molecule has 2 nitrogen and oxygen atoms in total. The smallest absolute Gasteiger partial charge is 0.129 e. The van der Waals surface area contributed by atoms with Gasteiger partial charge in [0.1, 0.15) is 5.82 Å². The highest BCUT2D eigenvalue weighted by molar-refractivity contribution is 6.17. The van der Waals surface area contributed by atoms with Gasteiger partial charge >= 0.3 is 0 Å². The number of anilines is 1. The molecule has 1 aliphatic heterocycles. The van der Waals surface area contributed by atoms with E-state index in [9.17, 15) is 0 Å². The zero-order valence-electron chi connectivity index (χ0n) is 12.6. The molecule has 2 heterocycles. The molecule has 0 aliphatic carbocycles. The van der Waals surface area contributed by atoms with Gasteiger partial charge in [-0.05, 0) is 41.2 Å². The molecule has 0 fully saturated rings. The first-order valence-electron chi connectivity index (χ1n) is 7.56. The maximum Gasteiger partial charge on any atom is 0.129 e. The van der Waals surface area contributed by atoms with Gasteiger partial charge in [-0.3, -0.25) is 0 Å². The van der Waals surface area contributed by atoms with E-state index in [1.54, 1.807) is 0 Å². The molecular weight excluding hydrogens is 280 g/mol. The molecule has 3 rings (SSSR count). The molecule has 1 aliphatic rings. The molecular formula is C18H21ClN2. The largest absolute Gasteiger partial charge is 0.352 e. The summed E-state index contributed by atoms with van der Waals surface area (Å²) in [6, 6.07) is 12.9. The lowest BCUT2D eigenvalue weighted by molar-refractivity contribution is 0.711. The number of nitrogens with zero attached hydrogens (tertiary/aromatic N) is 2. The molecule has 21 heavy (non-hydrogen) atoms. The van der Waals surface area contributed by atoms with Crippen molar-refractivity contribution >= 4 is 17.4 Å². The van der Waals surface area contributed by atoms with Crippen molar-refractivity contribution in [3.8, 4) is 0 Å². The second-order valence-corrected chi connectivity index (χ2v) is 6.25. The lowest BCUT2D eigenvalue weighted by atomic mass is 9.99. The van der Waals surface area contributed by atoms with Gasteiger partial charge in [0.2, 0.25) is 0 Å². The van der Waals surface area contributed by atoms with Crippen molar-refractivity contribution in [3.63, 3.8) is 0 Å². The molecule has 1 aromatic carbocycles. The highest BCUT2D eigenvalue weighted by atomic mass is 35.5. The zero-order chi connectivity index (χ0) is 14.8. The number of hydrogen-bond donors (Lipinski definition) is 0. The van der Waals surface area contributed by atoms with Crippen LogP contribution in [0.25, 0.3) is 0 Å². The Kier molecular flexibility index (Phi) is 4.16. The van der Waals surface area contributed by atoms with Crippen molar-refractivity contribution in [2.45, 2.75) is 38.6 Å². The number of hydrogen-bond acceptors (Lipinski definition) is 2. The first-order valence-corrected chi connectivity index (χ1v) is 8.09. The normalized spacial score (nSPS) is 14.4. The maximum absolute atomic E-state index is 6.05. The van der Waals surface area contributed by atoms with Crippen molar-refractivity contribution < 1.29 is 0 Å². The third-order valence-electron chi connectivity index (χ3n) is 4.09. The Morgan fingerprint density at radius 1 is 1.19 bits per heavy atom. The van der Waals surface area contributed by atoms with Crippen LogP contribution >= 0.6 is 11.6 Å². The lowest BCUT2D eigenvalue weighted by Gasteiger charge is -2.30. The quantitative estimate of drug-likeness (QED) is 0.776. The highest BCUT2D eigenvalue weighted by Gasteiger charge is 2.18. The second-order valence-electron chi connectivity index (χ2n) is 5.99. The van der Waals surface area contributed by atoms with Gasteiger partial charge in [0.15, 0.2) is 0 Å². The summed E-state index contributed by atoms with van der Waals surface area (Å²) in [4.78, 5) is 7.21. The fraction of sp³-hybridized carbons (Fsp3) is 0.389. The van der Waals surface area contributed by atoms with Crippen LogP contribution in [0.5, 0.6) is 0 Å². The summed E-state index contributed by atoms with van der Waals surface area (Å²) in [5.41, 5.74) is 5.16. The number of alkyl halides is 1. The average molecular weight is 301 g/mol. The minimum absolute atomic E-state index is 0.420. The number of aromatic nitrogens is 1. The second kappa shape index (κ2) is 6.07. The van der Waals surface area contributed by atoms with Crippen molar-refractivity contribution in [1.82, 2.24) is 4.98 Å². The third kappa shape index (κ3) is 3.06. The van der Waals surface area contributed by atoms with E-state index >= 15 is 0 Å². The highest BCUT2D eigenvalue weighted by Crippen LogP contribution is 2.26. The van der Waals surface area contributed by atoms with Gasteiger partial charge in [-0.15, -0.1) is 11.6 Å². The van der Waals surface area contributed by atoms with Crippen LogP contribution in [0, 0.1) is 0 Å². The summed E-state index contributed by atoms with van der Waals surface area (Å²) in [6.07, 6.45) is 1.08. The molecule has 0 unspecified atom stereocenters. The van der Waals surface area contributed by atoms with E-state index in [0.29, 0.717) is 11.8 Å². The van der Waals surface area contributed by atoms with Crippen LogP contribution in [0.1, 0.15) is 42.1 Å². The van der Waals surface area contributed by atoms with Gasteiger partial charge in [-0.1, -0.05) is 38.1 Å². The fourth-order valence-corrected chi connectivity index (χ4v) is 2.97. The third-order valence-corrected chi connectivity index (χ3v) is 4.40. The number of fused-ring (bicyclic) bond motifs is 1. The minimum atomic E-state index is 0.420. The van der Waals surface area contributed by atoms with Gasteiger partial charge in [0, 0.05) is 24.7 Å². The Morgan fingerprint density at radius 2 is 1.95 bits per heavy atom. The summed E-state index contributed by atoms with van der Waals surface area (Å²) in [7, 11) is 0. The summed E-state index contributed by atoms with van der Waals surface area (Å²) in [5, 5.41) is 0. The Balaban J connectivity index is 1.92. The zero-order valence-corrected chi connectivity index (χ0v) is 13.4. The molecule has 0 radical (unpaired) electrons. The average Bonchev–Trinajstić information content (AvgIpc) is 2.53. The summed E-state index contributed by atoms with van der Waals surface area (Å²) < 4.78 is 0. The summed E-state index contributed by atoms with van der Waals surface area (Å²) >= 11 is 6.05. The number of rotatable bonds is 3. The van der Waals surface area contributed by atoms with E-state index in [0.717, 1.165) is 36.6 Å².